The first-order chi connectivity index (χ1) is 14.9. The molecule has 6 heteroatoms. The SMILES string of the molecule is CCNC(=O)[C@H](C)N(Cc1c(Cl)cccc1Cl)C(=O)CCc1cccc2ccccc12. The number of likely N-dealkylation sites (N-methyl/N-ethyl adjacent to an activating group) is 1. The smallest absolute Gasteiger partial charge is 0.242 e. The molecule has 1 atom stereocenters. The minimum absolute atomic E-state index is 0.123. The van der Waals surface area contributed by atoms with Gasteiger partial charge in [-0.25, -0.2) is 0 Å². The summed E-state index contributed by atoms with van der Waals surface area (Å²) in [7, 11) is 0. The molecule has 3 aromatic rings. The van der Waals surface area contributed by atoms with Crippen LogP contribution in [0, 0.1) is 0 Å². The van der Waals surface area contributed by atoms with Gasteiger partial charge in [0.1, 0.15) is 6.04 Å². The Kier molecular flexibility index (Phi) is 7.94. The van der Waals surface area contributed by atoms with Crippen molar-refractivity contribution in [3.63, 3.8) is 0 Å². The number of nitrogens with zero attached hydrogens (tertiary/aromatic N) is 1. The average Bonchev–Trinajstić information content (AvgIpc) is 2.77. The molecular weight excluding hydrogens is 431 g/mol. The largest absolute Gasteiger partial charge is 0.355 e. The van der Waals surface area contributed by atoms with Gasteiger partial charge in [-0.15, -0.1) is 0 Å². The normalized spacial score (nSPS) is 11.9. The number of carbonyl (C=O) groups excluding carboxylic acids is 2. The molecule has 0 bridgehead atoms. The van der Waals surface area contributed by atoms with Gasteiger partial charge < -0.3 is 10.2 Å². The van der Waals surface area contributed by atoms with Crippen LogP contribution in [0.1, 0.15) is 31.4 Å². The van der Waals surface area contributed by atoms with Crippen molar-refractivity contribution in [3.8, 4) is 0 Å². The summed E-state index contributed by atoms with van der Waals surface area (Å²) in [5, 5.41) is 6.02. The fraction of sp³-hybridized carbons (Fsp3) is 0.280. The summed E-state index contributed by atoms with van der Waals surface area (Å²) in [5.41, 5.74) is 1.74. The maximum atomic E-state index is 13.3. The molecule has 0 aliphatic heterocycles. The maximum Gasteiger partial charge on any atom is 0.242 e. The molecule has 0 aliphatic rings. The molecule has 31 heavy (non-hydrogen) atoms. The second-order valence-electron chi connectivity index (χ2n) is 7.43. The van der Waals surface area contributed by atoms with Crippen LogP contribution in [0.4, 0.5) is 0 Å². The van der Waals surface area contributed by atoms with Crippen molar-refractivity contribution < 1.29 is 9.59 Å². The Labute approximate surface area is 193 Å². The molecule has 0 aliphatic carbocycles. The minimum Gasteiger partial charge on any atom is -0.355 e. The lowest BCUT2D eigenvalue weighted by molar-refractivity contribution is -0.140. The Bertz CT molecular complexity index is 1060. The monoisotopic (exact) mass is 456 g/mol. The summed E-state index contributed by atoms with van der Waals surface area (Å²) in [4.78, 5) is 27.4. The first kappa shape index (κ1) is 23.1. The molecule has 0 spiro atoms. The molecule has 0 unspecified atom stereocenters. The highest BCUT2D eigenvalue weighted by Gasteiger charge is 2.27. The van der Waals surface area contributed by atoms with E-state index in [0.29, 0.717) is 28.6 Å². The molecule has 1 N–H and O–H groups in total. The standard InChI is InChI=1S/C25H26Cl2N2O2/c1-3-28-25(31)17(2)29(16-21-22(26)12-7-13-23(21)27)24(30)15-14-19-10-6-9-18-8-4-5-11-20(18)19/h4-13,17H,3,14-16H2,1-2H3,(H,28,31)/t17-/m0/s1. The number of rotatable bonds is 8. The second kappa shape index (κ2) is 10.7. The number of nitrogens with one attached hydrogen (secondary N) is 1. The first-order valence-electron chi connectivity index (χ1n) is 10.4. The molecule has 0 fully saturated rings. The molecule has 0 radical (unpaired) electrons. The second-order valence-corrected chi connectivity index (χ2v) is 8.25. The number of amides is 2. The van der Waals surface area contributed by atoms with Gasteiger partial charge in [-0.05, 0) is 48.7 Å². The zero-order valence-electron chi connectivity index (χ0n) is 17.7. The Morgan fingerprint density at radius 2 is 1.61 bits per heavy atom. The van der Waals surface area contributed by atoms with Crippen LogP contribution < -0.4 is 5.32 Å². The van der Waals surface area contributed by atoms with Gasteiger partial charge in [0.2, 0.25) is 11.8 Å². The zero-order valence-corrected chi connectivity index (χ0v) is 19.2. The van der Waals surface area contributed by atoms with Crippen molar-refractivity contribution in [2.24, 2.45) is 0 Å². The van der Waals surface area contributed by atoms with E-state index in [0.717, 1.165) is 16.3 Å². The van der Waals surface area contributed by atoms with Crippen molar-refractivity contribution in [1.29, 1.82) is 0 Å². The summed E-state index contributed by atoms with van der Waals surface area (Å²) >= 11 is 12.7. The predicted octanol–water partition coefficient (Wildman–Crippen LogP) is 5.63. The first-order valence-corrected chi connectivity index (χ1v) is 11.1. The van der Waals surface area contributed by atoms with Crippen LogP contribution in [0.15, 0.2) is 60.7 Å². The van der Waals surface area contributed by atoms with Gasteiger partial charge in [0.25, 0.3) is 0 Å². The van der Waals surface area contributed by atoms with E-state index >= 15 is 0 Å². The van der Waals surface area contributed by atoms with E-state index in [9.17, 15) is 9.59 Å². The van der Waals surface area contributed by atoms with Crippen LogP contribution >= 0.6 is 23.2 Å². The summed E-state index contributed by atoms with van der Waals surface area (Å²) < 4.78 is 0. The van der Waals surface area contributed by atoms with E-state index in [-0.39, 0.29) is 24.8 Å². The van der Waals surface area contributed by atoms with Gasteiger partial charge in [0.15, 0.2) is 0 Å². The fourth-order valence-electron chi connectivity index (χ4n) is 3.65. The number of aryl methyl sites for hydroxylation is 1. The van der Waals surface area contributed by atoms with Gasteiger partial charge in [0.05, 0.1) is 0 Å². The molecular formula is C25H26Cl2N2O2. The number of hydrogen-bond acceptors (Lipinski definition) is 2. The van der Waals surface area contributed by atoms with Crippen molar-refractivity contribution in [2.75, 3.05) is 6.54 Å². The third-order valence-electron chi connectivity index (χ3n) is 5.40. The summed E-state index contributed by atoms with van der Waals surface area (Å²) in [6, 6.07) is 18.8. The summed E-state index contributed by atoms with van der Waals surface area (Å²) in [5.74, 6) is -0.327. The Balaban J connectivity index is 1.83. The number of hydrogen-bond donors (Lipinski definition) is 1. The molecule has 4 nitrogen and oxygen atoms in total. The highest BCUT2D eigenvalue weighted by Crippen LogP contribution is 2.27. The lowest BCUT2D eigenvalue weighted by Crippen LogP contribution is -2.47. The molecule has 0 saturated heterocycles. The molecule has 0 saturated carbocycles. The van der Waals surface area contributed by atoms with E-state index in [1.165, 1.54) is 0 Å². The van der Waals surface area contributed by atoms with E-state index in [1.54, 1.807) is 30.0 Å². The van der Waals surface area contributed by atoms with E-state index in [2.05, 4.69) is 23.5 Å². The van der Waals surface area contributed by atoms with Gasteiger partial charge in [-0.1, -0.05) is 71.7 Å². The lowest BCUT2D eigenvalue weighted by Gasteiger charge is -2.29. The molecule has 3 aromatic carbocycles. The topological polar surface area (TPSA) is 49.4 Å². The Morgan fingerprint density at radius 1 is 0.968 bits per heavy atom. The van der Waals surface area contributed by atoms with Crippen LogP contribution in [0.25, 0.3) is 10.8 Å². The highest BCUT2D eigenvalue weighted by atomic mass is 35.5. The fourth-order valence-corrected chi connectivity index (χ4v) is 4.17. The molecule has 0 aromatic heterocycles. The summed E-state index contributed by atoms with van der Waals surface area (Å²) in [6.45, 7) is 4.24. The Hall–Kier alpha value is -2.56. The maximum absolute atomic E-state index is 13.3. The van der Waals surface area contributed by atoms with Crippen molar-refractivity contribution in [2.45, 2.75) is 39.3 Å². The lowest BCUT2D eigenvalue weighted by atomic mass is 10.0. The third kappa shape index (κ3) is 5.57. The van der Waals surface area contributed by atoms with Gasteiger partial charge in [0, 0.05) is 35.1 Å². The van der Waals surface area contributed by atoms with E-state index in [1.807, 2.05) is 31.2 Å². The van der Waals surface area contributed by atoms with E-state index in [4.69, 9.17) is 23.2 Å². The van der Waals surface area contributed by atoms with Crippen LogP contribution in [-0.4, -0.2) is 29.3 Å². The number of carbonyl (C=O) groups is 2. The van der Waals surface area contributed by atoms with Gasteiger partial charge >= 0.3 is 0 Å². The van der Waals surface area contributed by atoms with Crippen LogP contribution in [0.5, 0.6) is 0 Å². The minimum atomic E-state index is -0.646. The van der Waals surface area contributed by atoms with Crippen molar-refractivity contribution in [3.05, 3.63) is 81.8 Å². The third-order valence-corrected chi connectivity index (χ3v) is 6.10. The quantitative estimate of drug-likeness (QED) is 0.477. The molecule has 0 heterocycles. The number of halogens is 2. The summed E-state index contributed by atoms with van der Waals surface area (Å²) in [6.07, 6.45) is 0.856. The van der Waals surface area contributed by atoms with Crippen LogP contribution in [0.3, 0.4) is 0 Å². The molecule has 162 valence electrons. The van der Waals surface area contributed by atoms with Crippen molar-refractivity contribution in [1.82, 2.24) is 10.2 Å². The molecule has 2 amide bonds. The van der Waals surface area contributed by atoms with Crippen LogP contribution in [-0.2, 0) is 22.6 Å². The predicted molar refractivity (Wildman–Crippen MR) is 127 cm³/mol. The highest BCUT2D eigenvalue weighted by molar-refractivity contribution is 6.36. The van der Waals surface area contributed by atoms with Gasteiger partial charge in [-0.2, -0.15) is 0 Å². The molecule has 3 rings (SSSR count). The zero-order chi connectivity index (χ0) is 22.4. The number of benzene rings is 3. The average molecular weight is 457 g/mol. The Morgan fingerprint density at radius 3 is 2.32 bits per heavy atom. The van der Waals surface area contributed by atoms with Crippen LogP contribution in [0.2, 0.25) is 10.0 Å². The number of fused-ring (bicyclic) bond motifs is 1. The van der Waals surface area contributed by atoms with E-state index < -0.39 is 6.04 Å². The van der Waals surface area contributed by atoms with Crippen molar-refractivity contribution >= 4 is 45.8 Å². The van der Waals surface area contributed by atoms with Gasteiger partial charge in [-0.3, -0.25) is 9.59 Å².